The number of guanidine groups is 1. The predicted octanol–water partition coefficient (Wildman–Crippen LogP) is 3.06. The van der Waals surface area contributed by atoms with E-state index < -0.39 is 0 Å². The highest BCUT2D eigenvalue weighted by atomic mass is 16.5. The van der Waals surface area contributed by atoms with Crippen molar-refractivity contribution in [3.05, 3.63) is 17.0 Å². The minimum Gasteiger partial charge on any atom is -0.378 e. The Balaban J connectivity index is 2.11. The Morgan fingerprint density at radius 3 is 2.52 bits per heavy atom. The van der Waals surface area contributed by atoms with Crippen molar-refractivity contribution in [2.24, 2.45) is 10.4 Å². The van der Waals surface area contributed by atoms with Gasteiger partial charge in [-0.15, -0.1) is 0 Å². The normalized spacial score (nSPS) is 25.6. The first-order valence-corrected chi connectivity index (χ1v) is 9.39. The topological polar surface area (TPSA) is 71.7 Å². The summed E-state index contributed by atoms with van der Waals surface area (Å²) in [6.45, 7) is 14.3. The highest BCUT2D eigenvalue weighted by Crippen LogP contribution is 2.51. The van der Waals surface area contributed by atoms with Gasteiger partial charge in [-0.1, -0.05) is 32.9 Å². The maximum absolute atomic E-state index is 5.72. The van der Waals surface area contributed by atoms with Crippen molar-refractivity contribution < 1.29 is 9.26 Å². The molecule has 2 N–H and O–H groups in total. The largest absolute Gasteiger partial charge is 0.378 e. The summed E-state index contributed by atoms with van der Waals surface area (Å²) in [6, 6.07) is 0.328. The van der Waals surface area contributed by atoms with E-state index >= 15 is 0 Å². The van der Waals surface area contributed by atoms with Gasteiger partial charge in [0.1, 0.15) is 5.76 Å². The second-order valence-corrected chi connectivity index (χ2v) is 7.49. The Kier molecular flexibility index (Phi) is 6.14. The van der Waals surface area contributed by atoms with Crippen LogP contribution in [0.1, 0.15) is 65.0 Å². The van der Waals surface area contributed by atoms with Crippen LogP contribution in [-0.4, -0.2) is 36.4 Å². The van der Waals surface area contributed by atoms with Gasteiger partial charge in [0.05, 0.1) is 17.8 Å². The average molecular weight is 351 g/mol. The lowest BCUT2D eigenvalue weighted by Gasteiger charge is -2.59. The van der Waals surface area contributed by atoms with Gasteiger partial charge in [-0.05, 0) is 26.7 Å². The van der Waals surface area contributed by atoms with E-state index in [2.05, 4.69) is 57.3 Å². The zero-order valence-corrected chi connectivity index (χ0v) is 16.8. The number of aliphatic imine (C=N–C) groups is 1. The standard InChI is InChI=1S/C19H34N4O2/c1-8-14-13(15(9-2)25-23-14)12-21-17(20-10-3)22-16-11-19(6,24-7)18(16,4)5/h16H,8-12H2,1-7H3,(H2,20,21,22). The molecule has 1 fully saturated rings. The van der Waals surface area contributed by atoms with Gasteiger partial charge in [-0.25, -0.2) is 4.99 Å². The Bertz CT molecular complexity index is 587. The quantitative estimate of drug-likeness (QED) is 0.584. The molecule has 0 aliphatic heterocycles. The first kappa shape index (κ1) is 19.8. The molecule has 0 saturated heterocycles. The van der Waals surface area contributed by atoms with Crippen molar-refractivity contribution in [1.82, 2.24) is 15.8 Å². The molecule has 142 valence electrons. The summed E-state index contributed by atoms with van der Waals surface area (Å²) in [5, 5.41) is 11.1. The van der Waals surface area contributed by atoms with Gasteiger partial charge in [0.2, 0.25) is 0 Å². The van der Waals surface area contributed by atoms with E-state index in [1.165, 1.54) is 0 Å². The van der Waals surface area contributed by atoms with Crippen LogP contribution < -0.4 is 10.6 Å². The van der Waals surface area contributed by atoms with Crippen LogP contribution >= 0.6 is 0 Å². The summed E-state index contributed by atoms with van der Waals surface area (Å²) < 4.78 is 11.2. The second-order valence-electron chi connectivity index (χ2n) is 7.49. The van der Waals surface area contributed by atoms with E-state index in [1.54, 1.807) is 7.11 Å². The number of aryl methyl sites for hydroxylation is 2. The van der Waals surface area contributed by atoms with Crippen molar-refractivity contribution in [3.8, 4) is 0 Å². The molecular formula is C19H34N4O2. The molecule has 6 nitrogen and oxygen atoms in total. The van der Waals surface area contributed by atoms with Crippen LogP contribution in [0.4, 0.5) is 0 Å². The molecule has 0 radical (unpaired) electrons. The van der Waals surface area contributed by atoms with Crippen LogP contribution in [0.5, 0.6) is 0 Å². The predicted molar refractivity (Wildman–Crippen MR) is 101 cm³/mol. The van der Waals surface area contributed by atoms with Gasteiger partial charge in [-0.2, -0.15) is 0 Å². The lowest BCUT2D eigenvalue weighted by atomic mass is 9.56. The monoisotopic (exact) mass is 350 g/mol. The number of ether oxygens (including phenoxy) is 1. The van der Waals surface area contributed by atoms with Crippen molar-refractivity contribution in [1.29, 1.82) is 0 Å². The summed E-state index contributed by atoms with van der Waals surface area (Å²) in [5.41, 5.74) is 2.07. The number of hydrogen-bond acceptors (Lipinski definition) is 4. The molecule has 0 bridgehead atoms. The van der Waals surface area contributed by atoms with Crippen LogP contribution in [0.3, 0.4) is 0 Å². The molecule has 25 heavy (non-hydrogen) atoms. The smallest absolute Gasteiger partial charge is 0.191 e. The summed E-state index contributed by atoms with van der Waals surface area (Å²) >= 11 is 0. The number of nitrogens with zero attached hydrogens (tertiary/aromatic N) is 2. The fourth-order valence-corrected chi connectivity index (χ4v) is 3.48. The fraction of sp³-hybridized carbons (Fsp3) is 0.789. The minimum absolute atomic E-state index is 0.0400. The molecular weight excluding hydrogens is 316 g/mol. The lowest BCUT2D eigenvalue weighted by molar-refractivity contribution is -0.176. The van der Waals surface area contributed by atoms with Crippen molar-refractivity contribution in [2.75, 3.05) is 13.7 Å². The van der Waals surface area contributed by atoms with E-state index in [1.807, 2.05) is 0 Å². The first-order chi connectivity index (χ1) is 11.8. The van der Waals surface area contributed by atoms with Crippen LogP contribution in [-0.2, 0) is 24.1 Å². The molecule has 0 aromatic carbocycles. The Morgan fingerprint density at radius 1 is 1.28 bits per heavy atom. The molecule has 2 unspecified atom stereocenters. The number of hydrogen-bond donors (Lipinski definition) is 2. The molecule has 1 aliphatic rings. The lowest BCUT2D eigenvalue weighted by Crippen LogP contribution is -2.69. The van der Waals surface area contributed by atoms with Gasteiger partial charge >= 0.3 is 0 Å². The zero-order valence-electron chi connectivity index (χ0n) is 16.8. The number of rotatable bonds is 7. The second kappa shape index (κ2) is 7.77. The summed E-state index contributed by atoms with van der Waals surface area (Å²) in [6.07, 6.45) is 2.67. The highest BCUT2D eigenvalue weighted by Gasteiger charge is 2.58. The van der Waals surface area contributed by atoms with Crippen molar-refractivity contribution >= 4 is 5.96 Å². The molecule has 6 heteroatoms. The molecule has 2 rings (SSSR count). The third-order valence-corrected chi connectivity index (χ3v) is 5.94. The number of nitrogens with one attached hydrogen (secondary N) is 2. The first-order valence-electron chi connectivity index (χ1n) is 9.39. The zero-order chi connectivity index (χ0) is 18.7. The van der Waals surface area contributed by atoms with Crippen LogP contribution in [0.25, 0.3) is 0 Å². The van der Waals surface area contributed by atoms with Gasteiger partial charge in [0.15, 0.2) is 5.96 Å². The third-order valence-electron chi connectivity index (χ3n) is 5.94. The number of methoxy groups -OCH3 is 1. The van der Waals surface area contributed by atoms with Crippen LogP contribution in [0.15, 0.2) is 9.52 Å². The maximum atomic E-state index is 5.72. The SMILES string of the molecule is CCNC(=NCc1c(CC)noc1CC)NC1CC(C)(OC)C1(C)C. The molecule has 1 aromatic heterocycles. The van der Waals surface area contributed by atoms with E-state index in [0.29, 0.717) is 12.6 Å². The van der Waals surface area contributed by atoms with E-state index in [-0.39, 0.29) is 11.0 Å². The van der Waals surface area contributed by atoms with E-state index in [0.717, 1.165) is 48.8 Å². The van der Waals surface area contributed by atoms with Crippen LogP contribution in [0.2, 0.25) is 0 Å². The third kappa shape index (κ3) is 3.68. The van der Waals surface area contributed by atoms with E-state index in [9.17, 15) is 0 Å². The molecule has 1 aliphatic carbocycles. The Labute approximate surface area is 151 Å². The molecule has 1 aromatic rings. The van der Waals surface area contributed by atoms with E-state index in [4.69, 9.17) is 14.3 Å². The molecule has 0 amide bonds. The van der Waals surface area contributed by atoms with Crippen LogP contribution in [0, 0.1) is 5.41 Å². The maximum Gasteiger partial charge on any atom is 0.191 e. The molecule has 1 saturated carbocycles. The Hall–Kier alpha value is -1.56. The number of aromatic nitrogens is 1. The van der Waals surface area contributed by atoms with Crippen molar-refractivity contribution in [3.63, 3.8) is 0 Å². The molecule has 2 atom stereocenters. The Morgan fingerprint density at radius 2 is 2.00 bits per heavy atom. The van der Waals surface area contributed by atoms with Gasteiger partial charge in [-0.3, -0.25) is 0 Å². The fourth-order valence-electron chi connectivity index (χ4n) is 3.48. The van der Waals surface area contributed by atoms with Gasteiger partial charge in [0, 0.05) is 37.1 Å². The van der Waals surface area contributed by atoms with Gasteiger partial charge in [0.25, 0.3) is 0 Å². The minimum atomic E-state index is -0.0960. The highest BCUT2D eigenvalue weighted by molar-refractivity contribution is 5.80. The molecule has 1 heterocycles. The summed E-state index contributed by atoms with van der Waals surface area (Å²) in [4.78, 5) is 4.79. The molecule has 0 spiro atoms. The van der Waals surface area contributed by atoms with Crippen molar-refractivity contribution in [2.45, 2.75) is 79.0 Å². The van der Waals surface area contributed by atoms with Gasteiger partial charge < -0.3 is 19.9 Å². The summed E-state index contributed by atoms with van der Waals surface area (Å²) in [7, 11) is 1.79. The summed E-state index contributed by atoms with van der Waals surface area (Å²) in [5.74, 6) is 1.77. The average Bonchev–Trinajstić information content (AvgIpc) is 3.00.